The standard InChI is InChI=1S/C63H86N12O21S2/c1-32-29-74-51(52(32)81)59(88)65-28-39(77)26-42(66-55(84)35-9-7-34(8-10-35)43-31-75-63(67-43)97-60(71-75)36-11-14-38(15-12-36)72-21-18-41(19-22-72)95-24-6-4-5-23-94-3)56(85)68-48(33(2)76)61(89)73-30-40(78)27-44(73)57(86)70-50(58(87)69-49(62(74)90)46(80)17-20-64)54(83)53(82)37-13-16-45(79)47(25-37)96-98(91,92)93/h7-16,25,31-33,39-42,44,46,48-54,76-83,91-93H,4-6,17-24,26-30,64H2,1-3H3,(H,65,88)(H,66,84)(H,68,85)(H,69,87)(H,70,86)/t32-,33+,39+,40+,42-,44-,46+,48-,49-,50-,51-,52-,53-,54-/m0/s1. The lowest BCUT2D eigenvalue weighted by molar-refractivity contribution is -0.148. The highest BCUT2D eigenvalue weighted by Gasteiger charge is 2.50. The number of aromatic nitrogens is 3. The van der Waals surface area contributed by atoms with Crippen molar-refractivity contribution >= 4 is 74.5 Å². The van der Waals surface area contributed by atoms with Crippen LogP contribution in [0, 0.1) is 5.92 Å². The number of nitrogens with one attached hydrogen (secondary N) is 5. The number of benzene rings is 3. The number of rotatable bonds is 21. The van der Waals surface area contributed by atoms with Gasteiger partial charge in [-0.1, -0.05) is 36.5 Å². The van der Waals surface area contributed by atoms with E-state index in [2.05, 4.69) is 47.8 Å². The molecule has 0 unspecified atom stereocenters. The number of ether oxygens (including phenoxy) is 2. The highest BCUT2D eigenvalue weighted by molar-refractivity contribution is 8.15. The SMILES string of the molecule is COCCCCCOC1CCN(c2ccc(-c3nn4cc(-c5ccc(C(=O)N[C@H]6C[C@@H](O)CNC(=O)[C@@H]7[C@@H](O)[C@@H](C)CN7C(=O)[C@H]([C@H](O)CCN)NC(=O)[C@H]([C@H](O)[C@@H](O)c7ccc(O)c(OS(O)(O)O)c7)NC(=O)[C@@H]7C[C@@H](O)CN7C(=O)[C@H]([C@@H](C)O)NC6=O)cc5)nc4s3)cc2)CC1. The Labute approximate surface area is 568 Å². The number of methoxy groups -OCH3 is 1. The topological polar surface area (TPSA) is 496 Å². The van der Waals surface area contributed by atoms with E-state index in [1.165, 1.54) is 30.4 Å². The monoisotopic (exact) mass is 1410 g/mol. The van der Waals surface area contributed by atoms with Gasteiger partial charge in [0.15, 0.2) is 11.5 Å². The molecule has 14 atom stereocenters. The van der Waals surface area contributed by atoms with Crippen LogP contribution in [0.3, 0.4) is 0 Å². The van der Waals surface area contributed by atoms with Crippen LogP contribution >= 0.6 is 22.5 Å². The fourth-order valence-electron chi connectivity index (χ4n) is 12.4. The number of piperidine rings is 1. The molecule has 0 radical (unpaired) electrons. The Balaban J connectivity index is 0.942. The first-order valence-electron chi connectivity index (χ1n) is 32.2. The minimum absolute atomic E-state index is 0.00135. The molecule has 18 N–H and O–H groups in total. The highest BCUT2D eigenvalue weighted by atomic mass is 32.3. The number of carbonyl (C=O) groups is 7. The summed E-state index contributed by atoms with van der Waals surface area (Å²) in [6, 6.07) is 4.83. The third-order valence-electron chi connectivity index (χ3n) is 17.8. The number of unbranched alkanes of at least 4 members (excludes halogenated alkanes) is 2. The van der Waals surface area contributed by atoms with Crippen LogP contribution in [0.4, 0.5) is 5.69 Å². The van der Waals surface area contributed by atoms with Crippen LogP contribution in [0.2, 0.25) is 0 Å². The molecule has 9 rings (SSSR count). The number of aliphatic hydroxyl groups excluding tert-OH is 7. The number of anilines is 1. The van der Waals surface area contributed by atoms with E-state index >= 15 is 0 Å². The molecule has 536 valence electrons. The Kier molecular flexibility index (Phi) is 25.1. The molecule has 4 saturated heterocycles. The summed E-state index contributed by atoms with van der Waals surface area (Å²) in [5.41, 5.74) is 8.41. The van der Waals surface area contributed by atoms with Crippen molar-refractivity contribution in [3.8, 4) is 33.3 Å². The quantitative estimate of drug-likeness (QED) is 0.0389. The van der Waals surface area contributed by atoms with Gasteiger partial charge in [-0.05, 0) is 106 Å². The Morgan fingerprint density at radius 3 is 2.11 bits per heavy atom. The first kappa shape index (κ1) is 74.5. The normalized spacial score (nSPS) is 25.9. The Bertz CT molecular complexity index is 3560. The van der Waals surface area contributed by atoms with Gasteiger partial charge in [0.05, 0.1) is 48.5 Å². The van der Waals surface area contributed by atoms with Gasteiger partial charge in [0.1, 0.15) is 53.5 Å². The predicted octanol–water partition coefficient (Wildman–Crippen LogP) is -1.06. The molecule has 4 aliphatic heterocycles. The molecule has 0 bridgehead atoms. The average molecular weight is 1410 g/mol. The van der Waals surface area contributed by atoms with Gasteiger partial charge in [-0.15, -0.1) is 0 Å². The number of hydrogen-bond donors (Lipinski definition) is 17. The molecule has 0 aliphatic carbocycles. The van der Waals surface area contributed by atoms with E-state index in [4.69, 9.17) is 25.3 Å². The number of aliphatic hydroxyl groups is 7. The number of carbonyl (C=O) groups excluding carboxylic acids is 7. The largest absolute Gasteiger partial charge is 0.504 e. The summed E-state index contributed by atoms with van der Waals surface area (Å²) >= 11 is -3.44. The molecular formula is C63H86N12O21S2. The molecule has 33 nitrogen and oxygen atoms in total. The van der Waals surface area contributed by atoms with Gasteiger partial charge < -0.3 is 102 Å². The van der Waals surface area contributed by atoms with E-state index in [1.54, 1.807) is 30.0 Å². The van der Waals surface area contributed by atoms with E-state index in [0.717, 1.165) is 104 Å². The van der Waals surface area contributed by atoms with E-state index in [0.29, 0.717) is 22.3 Å². The maximum absolute atomic E-state index is 14.7. The molecule has 35 heteroatoms. The number of β-amino-alcohol motifs (C(OH)–C–C–N with tert-alkyl or cyclic N) is 1. The van der Waals surface area contributed by atoms with Crippen LogP contribution in [0.5, 0.6) is 11.5 Å². The van der Waals surface area contributed by atoms with Crippen LogP contribution in [0.1, 0.15) is 87.2 Å². The zero-order chi connectivity index (χ0) is 70.9. The fourth-order valence-corrected chi connectivity index (χ4v) is 13.6. The number of fused-ring (bicyclic) bond motifs is 3. The van der Waals surface area contributed by atoms with Crippen LogP contribution in [-0.2, 0) is 38.2 Å². The molecule has 0 spiro atoms. The summed E-state index contributed by atoms with van der Waals surface area (Å²) in [5.74, 6) is -11.0. The van der Waals surface area contributed by atoms with Gasteiger partial charge in [-0.3, -0.25) is 47.2 Å². The molecule has 4 aliphatic rings. The Hall–Kier alpha value is -7.72. The number of amides is 7. The summed E-state index contributed by atoms with van der Waals surface area (Å²) in [5, 5.41) is 108. The van der Waals surface area contributed by atoms with Gasteiger partial charge in [-0.25, -0.2) is 9.50 Å². The van der Waals surface area contributed by atoms with Crippen molar-refractivity contribution < 1.29 is 102 Å². The lowest BCUT2D eigenvalue weighted by atomic mass is 9.96. The molecule has 3 aromatic carbocycles. The summed E-state index contributed by atoms with van der Waals surface area (Å²) < 4.78 is 46.1. The van der Waals surface area contributed by atoms with Gasteiger partial charge in [-0.2, -0.15) is 5.10 Å². The number of nitrogens with two attached hydrogens (primary N) is 1. The smallest absolute Gasteiger partial charge is 0.266 e. The Morgan fingerprint density at radius 1 is 0.786 bits per heavy atom. The predicted molar refractivity (Wildman–Crippen MR) is 353 cm³/mol. The molecule has 0 saturated carbocycles. The Morgan fingerprint density at radius 2 is 1.45 bits per heavy atom. The second-order valence-electron chi connectivity index (χ2n) is 25.0. The van der Waals surface area contributed by atoms with Gasteiger partial charge in [0.2, 0.25) is 40.4 Å². The zero-order valence-corrected chi connectivity index (χ0v) is 55.6. The van der Waals surface area contributed by atoms with Crippen molar-refractivity contribution in [3.63, 3.8) is 0 Å². The second kappa shape index (κ2) is 33.0. The molecule has 7 amide bonds. The highest BCUT2D eigenvalue weighted by Crippen LogP contribution is 2.42. The first-order valence-corrected chi connectivity index (χ1v) is 34.4. The van der Waals surface area contributed by atoms with Crippen LogP contribution in [0.15, 0.2) is 72.9 Å². The summed E-state index contributed by atoms with van der Waals surface area (Å²) in [6.07, 6.45) is -8.17. The first-order chi connectivity index (χ1) is 46.6. The number of hydrogen-bond acceptors (Lipinski definition) is 26. The van der Waals surface area contributed by atoms with Crippen molar-refractivity contribution in [2.24, 2.45) is 11.7 Å². The summed E-state index contributed by atoms with van der Waals surface area (Å²) in [7, 11) is 1.71. The molecular weight excluding hydrogens is 1320 g/mol. The van der Waals surface area contributed by atoms with Crippen LogP contribution in [-0.4, -0.2) is 259 Å². The number of imidazole rings is 1. The number of phenolic OH excluding ortho intramolecular Hbond substituents is 1. The van der Waals surface area contributed by atoms with Gasteiger partial charge in [0, 0.05) is 94.2 Å². The zero-order valence-electron chi connectivity index (χ0n) is 54.0. The van der Waals surface area contributed by atoms with Crippen molar-refractivity contribution in [2.75, 3.05) is 64.5 Å². The fraction of sp³-hybridized carbons (Fsp3) is 0.540. The molecule has 4 fully saturated rings. The van der Waals surface area contributed by atoms with Crippen molar-refractivity contribution in [1.82, 2.24) is 51.0 Å². The molecule has 98 heavy (non-hydrogen) atoms. The van der Waals surface area contributed by atoms with E-state index in [1.807, 2.05) is 12.1 Å². The van der Waals surface area contributed by atoms with Crippen molar-refractivity contribution in [1.29, 1.82) is 0 Å². The number of aromatic hydroxyl groups is 1. The lowest BCUT2D eigenvalue weighted by Gasteiger charge is -2.34. The summed E-state index contributed by atoms with van der Waals surface area (Å²) in [4.78, 5) is 111. The molecule has 2 aromatic heterocycles. The van der Waals surface area contributed by atoms with E-state index in [-0.39, 0.29) is 24.8 Å². The average Bonchev–Trinajstić information content (AvgIpc) is 1.60. The minimum Gasteiger partial charge on any atom is -0.504 e. The minimum atomic E-state index is -4.82. The third kappa shape index (κ3) is 18.2. The molecule has 5 aromatic rings. The van der Waals surface area contributed by atoms with Gasteiger partial charge in [0.25, 0.3) is 17.1 Å². The van der Waals surface area contributed by atoms with E-state index < -0.39 is 187 Å². The van der Waals surface area contributed by atoms with Crippen molar-refractivity contribution in [2.45, 2.75) is 150 Å². The third-order valence-corrected chi connectivity index (χ3v) is 19.1. The van der Waals surface area contributed by atoms with Gasteiger partial charge >= 0.3 is 0 Å². The number of phenols is 1. The van der Waals surface area contributed by atoms with Crippen LogP contribution in [0.25, 0.3) is 26.8 Å². The van der Waals surface area contributed by atoms with Crippen LogP contribution < -0.4 is 41.4 Å². The second-order valence-corrected chi connectivity index (χ2v) is 27.1. The number of nitrogens with zero attached hydrogens (tertiary/aromatic N) is 6. The summed E-state index contributed by atoms with van der Waals surface area (Å²) in [6.45, 7) is 3.81. The molecule has 6 heterocycles. The maximum Gasteiger partial charge on any atom is 0.266 e. The maximum atomic E-state index is 14.7. The van der Waals surface area contributed by atoms with E-state index in [9.17, 15) is 88.1 Å². The lowest BCUT2D eigenvalue weighted by Crippen LogP contribution is -2.64. The van der Waals surface area contributed by atoms with Crippen molar-refractivity contribution in [3.05, 3.63) is 84.1 Å².